The minimum atomic E-state index is -1.51. The van der Waals surface area contributed by atoms with Crippen molar-refractivity contribution < 1.29 is 42.9 Å². The van der Waals surface area contributed by atoms with Crippen molar-refractivity contribution in [3.63, 3.8) is 0 Å². The second-order valence-corrected chi connectivity index (χ2v) is 24.5. The number of carbonyl (C=O) groups is 3. The molecule has 85 heavy (non-hydrogen) atoms. The molecule has 0 aromatic heterocycles. The summed E-state index contributed by atoms with van der Waals surface area (Å²) in [5.74, 6) is -2.00. The topological polar surface area (TPSA) is 108 Å². The molecule has 0 rings (SSSR count). The number of unbranched alkanes of at least 4 members (excludes halogenated alkanes) is 31. The molecule has 2 atom stereocenters. The molecule has 0 aliphatic heterocycles. The molecule has 0 saturated carbocycles. The van der Waals surface area contributed by atoms with Gasteiger partial charge in [-0.2, -0.15) is 0 Å². The third-order valence-corrected chi connectivity index (χ3v) is 15.0. The van der Waals surface area contributed by atoms with E-state index in [9.17, 15) is 19.5 Å². The molecule has 0 aliphatic rings. The number of carboxylic acid groups (broad SMARTS) is 1. The van der Waals surface area contributed by atoms with E-state index in [1.165, 1.54) is 167 Å². The van der Waals surface area contributed by atoms with Crippen molar-refractivity contribution in [1.29, 1.82) is 0 Å². The first kappa shape index (κ1) is 81.0. The Hall–Kier alpha value is -4.05. The average molecular weight is 1190 g/mol. The fraction of sp³-hybridized carbons (Fsp3) is 0.724. The van der Waals surface area contributed by atoms with Crippen LogP contribution in [0.4, 0.5) is 0 Å². The summed E-state index contributed by atoms with van der Waals surface area (Å²) in [6.45, 7) is 4.79. The second-order valence-electron chi connectivity index (χ2n) is 24.5. The summed E-state index contributed by atoms with van der Waals surface area (Å²) in [5.41, 5.74) is 0. The van der Waals surface area contributed by atoms with Gasteiger partial charge in [0.2, 0.25) is 0 Å². The number of esters is 2. The number of carbonyl (C=O) groups excluding carboxylic acids is 2. The van der Waals surface area contributed by atoms with Crippen LogP contribution in [0.15, 0.2) is 109 Å². The summed E-state index contributed by atoms with van der Waals surface area (Å²) in [6, 6.07) is 0. The number of nitrogens with zero attached hydrogens (tertiary/aromatic N) is 1. The Morgan fingerprint density at radius 3 is 1.00 bits per heavy atom. The van der Waals surface area contributed by atoms with E-state index < -0.39 is 24.3 Å². The molecule has 9 heteroatoms. The Bertz CT molecular complexity index is 1760. The Morgan fingerprint density at radius 1 is 0.365 bits per heavy atom. The quantitative estimate of drug-likeness (QED) is 0.0211. The standard InChI is InChI=1S/C76H131NO8/c1-6-8-10-12-14-16-18-20-22-24-26-27-28-29-30-31-32-33-34-35-36-37-38-39-40-41-42-43-44-45-46-47-49-51-53-55-57-59-61-63-65-67-74(79)85-72(71-84-76(75(80)81)82-69-68-77(3,4)5)70-83-73(78)66-64-62-60-58-56-54-52-50-48-25-23-21-19-17-15-13-11-9-7-2/h8,10,14,16,20,22,26-27,29-30,32-33,35-36,38-39,41-42,72,76H,6-7,9,11-13,15,17-19,21,23-25,28,31,34,37,40,43-71H2,1-5H3/p+1/b10-8-,16-14-,22-20-,27-26-,30-29-,33-32-,36-35-,39-38-,42-41-. The molecule has 0 heterocycles. The van der Waals surface area contributed by atoms with Gasteiger partial charge < -0.3 is 28.5 Å². The van der Waals surface area contributed by atoms with E-state index in [1.807, 2.05) is 21.1 Å². The molecule has 0 saturated heterocycles. The van der Waals surface area contributed by atoms with Crippen LogP contribution in [0.25, 0.3) is 0 Å². The van der Waals surface area contributed by atoms with Crippen LogP contribution >= 0.6 is 0 Å². The minimum Gasteiger partial charge on any atom is -0.477 e. The van der Waals surface area contributed by atoms with Crippen LogP contribution in [0, 0.1) is 0 Å². The van der Waals surface area contributed by atoms with Gasteiger partial charge >= 0.3 is 17.9 Å². The average Bonchev–Trinajstić information content (AvgIpc) is 3.49. The highest BCUT2D eigenvalue weighted by Crippen LogP contribution is 2.17. The Morgan fingerprint density at radius 2 is 0.671 bits per heavy atom. The molecule has 2 unspecified atom stereocenters. The largest absolute Gasteiger partial charge is 0.477 e. The second kappa shape index (κ2) is 65.9. The number of rotatable bonds is 64. The van der Waals surface area contributed by atoms with E-state index >= 15 is 0 Å². The van der Waals surface area contributed by atoms with Gasteiger partial charge in [0.1, 0.15) is 13.2 Å². The Kier molecular flexibility index (Phi) is 62.8. The molecule has 0 aliphatic carbocycles. The summed E-state index contributed by atoms with van der Waals surface area (Å²) in [5, 5.41) is 9.74. The van der Waals surface area contributed by atoms with Crippen molar-refractivity contribution in [2.24, 2.45) is 0 Å². The number of quaternary nitrogens is 1. The fourth-order valence-electron chi connectivity index (χ4n) is 9.71. The first-order valence-electron chi connectivity index (χ1n) is 35.1. The molecule has 0 bridgehead atoms. The number of allylic oxidation sites excluding steroid dienone is 18. The van der Waals surface area contributed by atoms with E-state index in [0.717, 1.165) is 103 Å². The van der Waals surface area contributed by atoms with Crippen molar-refractivity contribution in [1.82, 2.24) is 0 Å². The smallest absolute Gasteiger partial charge is 0.361 e. The van der Waals surface area contributed by atoms with Crippen molar-refractivity contribution in [3.05, 3.63) is 109 Å². The molecule has 0 aromatic rings. The Labute approximate surface area is 524 Å². The van der Waals surface area contributed by atoms with E-state index in [4.69, 9.17) is 18.9 Å². The molecule has 0 amide bonds. The van der Waals surface area contributed by atoms with Crippen LogP contribution in [0.5, 0.6) is 0 Å². The molecule has 0 spiro atoms. The number of likely N-dealkylation sites (N-methyl/N-ethyl adjacent to an activating group) is 1. The van der Waals surface area contributed by atoms with E-state index in [0.29, 0.717) is 17.4 Å². The molecule has 0 fully saturated rings. The van der Waals surface area contributed by atoms with Gasteiger partial charge in [-0.1, -0.05) is 309 Å². The summed E-state index contributed by atoms with van der Waals surface area (Å²) < 4.78 is 23.0. The van der Waals surface area contributed by atoms with Crippen LogP contribution in [0.1, 0.15) is 296 Å². The van der Waals surface area contributed by atoms with Crippen molar-refractivity contribution in [2.45, 2.75) is 309 Å². The molecule has 1 N–H and O–H groups in total. The zero-order chi connectivity index (χ0) is 61.9. The molecular formula is C76H132NO8+. The third-order valence-electron chi connectivity index (χ3n) is 15.0. The molecule has 488 valence electrons. The maximum atomic E-state index is 12.9. The minimum absolute atomic E-state index is 0.182. The lowest BCUT2D eigenvalue weighted by molar-refractivity contribution is -0.870. The van der Waals surface area contributed by atoms with E-state index in [2.05, 4.69) is 123 Å². The molecular weight excluding hydrogens is 1050 g/mol. The van der Waals surface area contributed by atoms with Crippen molar-refractivity contribution in [3.8, 4) is 0 Å². The molecule has 0 aromatic carbocycles. The monoisotopic (exact) mass is 1190 g/mol. The lowest BCUT2D eigenvalue weighted by atomic mass is 10.0. The lowest BCUT2D eigenvalue weighted by Gasteiger charge is -2.25. The maximum Gasteiger partial charge on any atom is 0.361 e. The van der Waals surface area contributed by atoms with E-state index in [-0.39, 0.29) is 32.2 Å². The SMILES string of the molecule is CC/C=C\C/C=C\C/C=C\C/C=C\C/C=C\C/C=C\C/C=C\C/C=C\C/C=C\CCCCCCCCCCCCCCCC(=O)OC(COC(=O)CCCCCCCCCCCCCCCCCCCCC)COC(OCC[N+](C)(C)C)C(=O)O. The number of carboxylic acids is 1. The first-order valence-corrected chi connectivity index (χ1v) is 35.1. The predicted octanol–water partition coefficient (Wildman–Crippen LogP) is 21.8. The van der Waals surface area contributed by atoms with Gasteiger partial charge in [0.15, 0.2) is 6.10 Å². The number of hydrogen-bond donors (Lipinski definition) is 1. The van der Waals surface area contributed by atoms with Crippen LogP contribution in [-0.2, 0) is 33.3 Å². The third kappa shape index (κ3) is 67.3. The van der Waals surface area contributed by atoms with Crippen LogP contribution < -0.4 is 0 Å². The highest BCUT2D eigenvalue weighted by Gasteiger charge is 2.25. The number of ether oxygens (including phenoxy) is 4. The summed E-state index contributed by atoms with van der Waals surface area (Å²) in [4.78, 5) is 37.6. The Balaban J connectivity index is 4.08. The van der Waals surface area contributed by atoms with Gasteiger partial charge in [-0.25, -0.2) is 4.79 Å². The van der Waals surface area contributed by atoms with Gasteiger partial charge in [0.05, 0.1) is 34.4 Å². The maximum absolute atomic E-state index is 12.9. The number of hydrogen-bond acceptors (Lipinski definition) is 7. The van der Waals surface area contributed by atoms with Crippen molar-refractivity contribution in [2.75, 3.05) is 47.5 Å². The van der Waals surface area contributed by atoms with Crippen molar-refractivity contribution >= 4 is 17.9 Å². The van der Waals surface area contributed by atoms with Gasteiger partial charge in [-0.3, -0.25) is 9.59 Å². The zero-order valence-corrected chi connectivity index (χ0v) is 55.7. The predicted molar refractivity (Wildman–Crippen MR) is 364 cm³/mol. The normalized spacial score (nSPS) is 13.4. The molecule has 0 radical (unpaired) electrons. The lowest BCUT2D eigenvalue weighted by Crippen LogP contribution is -2.40. The van der Waals surface area contributed by atoms with Gasteiger partial charge in [0.25, 0.3) is 6.29 Å². The highest BCUT2D eigenvalue weighted by atomic mass is 16.7. The summed E-state index contributed by atoms with van der Waals surface area (Å²) in [6.07, 6.45) is 89.1. The number of aliphatic carboxylic acids is 1. The van der Waals surface area contributed by atoms with Gasteiger partial charge in [-0.15, -0.1) is 0 Å². The highest BCUT2D eigenvalue weighted by molar-refractivity contribution is 5.71. The van der Waals surface area contributed by atoms with Crippen LogP contribution in [-0.4, -0.2) is 87.4 Å². The first-order chi connectivity index (χ1) is 41.6. The van der Waals surface area contributed by atoms with Crippen LogP contribution in [0.3, 0.4) is 0 Å². The van der Waals surface area contributed by atoms with Gasteiger partial charge in [-0.05, 0) is 83.5 Å². The fourth-order valence-corrected chi connectivity index (χ4v) is 9.71. The van der Waals surface area contributed by atoms with Crippen LogP contribution in [0.2, 0.25) is 0 Å². The van der Waals surface area contributed by atoms with E-state index in [1.54, 1.807) is 0 Å². The summed E-state index contributed by atoms with van der Waals surface area (Å²) >= 11 is 0. The van der Waals surface area contributed by atoms with Gasteiger partial charge in [0, 0.05) is 12.8 Å². The summed E-state index contributed by atoms with van der Waals surface area (Å²) in [7, 11) is 5.98. The molecule has 9 nitrogen and oxygen atoms in total. The zero-order valence-electron chi connectivity index (χ0n) is 55.7.